The first kappa shape index (κ1) is 23.8. The molecule has 0 aliphatic carbocycles. The summed E-state index contributed by atoms with van der Waals surface area (Å²) in [5.74, 6) is 0. The Kier molecular flexibility index (Phi) is 4.81. The van der Waals surface area contributed by atoms with Crippen molar-refractivity contribution in [2.24, 2.45) is 0 Å². The third-order valence-corrected chi connectivity index (χ3v) is 9.76. The molecule has 0 atom stereocenters. The number of benzene rings is 10. The highest BCUT2D eigenvalue weighted by atomic mass is 14.2. The van der Waals surface area contributed by atoms with Crippen molar-refractivity contribution in [1.29, 1.82) is 0 Å². The summed E-state index contributed by atoms with van der Waals surface area (Å²) >= 11 is 0. The third kappa shape index (κ3) is 3.28. The smallest absolute Gasteiger partial charge is 0.00206 e. The van der Waals surface area contributed by atoms with Gasteiger partial charge in [0, 0.05) is 0 Å². The van der Waals surface area contributed by atoms with E-state index in [4.69, 9.17) is 0 Å². The molecule has 10 rings (SSSR count). The Balaban J connectivity index is 1.29. The van der Waals surface area contributed by atoms with Gasteiger partial charge in [-0.15, -0.1) is 0 Å². The van der Waals surface area contributed by atoms with Gasteiger partial charge in [0.05, 0.1) is 0 Å². The Morgan fingerprint density at radius 1 is 0.227 bits per heavy atom. The molecule has 0 saturated heterocycles. The summed E-state index contributed by atoms with van der Waals surface area (Å²) < 4.78 is 0. The third-order valence-electron chi connectivity index (χ3n) is 9.76. The predicted octanol–water partition coefficient (Wildman–Crippen LogP) is 12.5. The van der Waals surface area contributed by atoms with Gasteiger partial charge in [0.15, 0.2) is 0 Å². The maximum absolute atomic E-state index is 2.43. The van der Waals surface area contributed by atoms with Crippen LogP contribution in [0.15, 0.2) is 158 Å². The molecule has 0 aliphatic heterocycles. The van der Waals surface area contributed by atoms with Crippen LogP contribution >= 0.6 is 0 Å². The zero-order valence-corrected chi connectivity index (χ0v) is 24.0. The van der Waals surface area contributed by atoms with Crippen LogP contribution in [0.5, 0.6) is 0 Å². The zero-order valence-electron chi connectivity index (χ0n) is 24.0. The van der Waals surface area contributed by atoms with E-state index in [2.05, 4.69) is 158 Å². The van der Waals surface area contributed by atoms with Gasteiger partial charge >= 0.3 is 0 Å². The van der Waals surface area contributed by atoms with Crippen LogP contribution in [0, 0.1) is 0 Å². The molecule has 0 heterocycles. The van der Waals surface area contributed by atoms with Crippen LogP contribution in [0.4, 0.5) is 0 Å². The topological polar surface area (TPSA) is 0 Å². The van der Waals surface area contributed by atoms with E-state index in [1.54, 1.807) is 0 Å². The van der Waals surface area contributed by atoms with Crippen LogP contribution in [-0.2, 0) is 0 Å². The normalized spacial score (nSPS) is 12.1. The standard InChI is InChI=1S/C44H26/c1-2-6-27(7-3-1)35-22-20-34(36-21-16-32-14-12-28-8-4-10-30-18-24-38(36)43(32)41(28)30)26-40(35)37-23-17-33-15-13-29-9-5-11-31-19-25-39(37)44(33)42(29)31/h1-26H. The van der Waals surface area contributed by atoms with Crippen LogP contribution in [0.25, 0.3) is 98.0 Å². The molecule has 10 aromatic rings. The van der Waals surface area contributed by atoms with E-state index < -0.39 is 0 Å². The van der Waals surface area contributed by atoms with E-state index in [9.17, 15) is 0 Å². The maximum Gasteiger partial charge on any atom is -0.00206 e. The minimum Gasteiger partial charge on any atom is -0.0622 e. The molecule has 0 N–H and O–H groups in total. The van der Waals surface area contributed by atoms with Gasteiger partial charge in [-0.2, -0.15) is 0 Å². The Bertz CT molecular complexity index is 2660. The van der Waals surface area contributed by atoms with Crippen molar-refractivity contribution in [3.05, 3.63) is 158 Å². The quantitative estimate of drug-likeness (QED) is 0.191. The second-order valence-electron chi connectivity index (χ2n) is 12.1. The van der Waals surface area contributed by atoms with E-state index in [1.165, 1.54) is 98.0 Å². The van der Waals surface area contributed by atoms with Crippen LogP contribution in [0.3, 0.4) is 0 Å². The Morgan fingerprint density at radius 3 is 1.27 bits per heavy atom. The lowest BCUT2D eigenvalue weighted by atomic mass is 9.85. The highest BCUT2D eigenvalue weighted by Crippen LogP contribution is 2.45. The molecule has 0 fully saturated rings. The van der Waals surface area contributed by atoms with Crippen molar-refractivity contribution in [3.63, 3.8) is 0 Å². The second-order valence-corrected chi connectivity index (χ2v) is 12.1. The summed E-state index contributed by atoms with van der Waals surface area (Å²) in [5.41, 5.74) is 7.53. The van der Waals surface area contributed by atoms with Crippen molar-refractivity contribution in [2.45, 2.75) is 0 Å². The first-order valence-corrected chi connectivity index (χ1v) is 15.4. The SMILES string of the molecule is c1ccc(-c2ccc(-c3ccc4ccc5cccc6ccc3c4c56)cc2-c2ccc3ccc4cccc5ccc2c3c45)cc1. The number of hydrogen-bond acceptors (Lipinski definition) is 0. The highest BCUT2D eigenvalue weighted by molar-refractivity contribution is 6.27. The first-order valence-electron chi connectivity index (χ1n) is 15.4. The molecule has 0 nitrogen and oxygen atoms in total. The lowest BCUT2D eigenvalue weighted by molar-refractivity contribution is 1.59. The van der Waals surface area contributed by atoms with Gasteiger partial charge in [-0.05, 0) is 104 Å². The van der Waals surface area contributed by atoms with Crippen LogP contribution in [-0.4, -0.2) is 0 Å². The zero-order chi connectivity index (χ0) is 28.8. The monoisotopic (exact) mass is 554 g/mol. The van der Waals surface area contributed by atoms with Gasteiger partial charge in [0.2, 0.25) is 0 Å². The lowest BCUT2D eigenvalue weighted by Gasteiger charge is -2.19. The minimum atomic E-state index is 1.23. The molecule has 0 unspecified atom stereocenters. The molecule has 0 radical (unpaired) electrons. The van der Waals surface area contributed by atoms with E-state index in [0.29, 0.717) is 0 Å². The van der Waals surface area contributed by atoms with Crippen LogP contribution in [0.2, 0.25) is 0 Å². The molecule has 0 aromatic heterocycles. The molecule has 0 saturated carbocycles. The highest BCUT2D eigenvalue weighted by Gasteiger charge is 2.18. The van der Waals surface area contributed by atoms with Gasteiger partial charge in [0.1, 0.15) is 0 Å². The van der Waals surface area contributed by atoms with Crippen molar-refractivity contribution >= 4 is 64.6 Å². The molecular formula is C44H26. The van der Waals surface area contributed by atoms with E-state index >= 15 is 0 Å². The number of hydrogen-bond donors (Lipinski definition) is 0. The molecular weight excluding hydrogens is 528 g/mol. The summed E-state index contributed by atoms with van der Waals surface area (Å²) in [6.45, 7) is 0. The fourth-order valence-electron chi connectivity index (χ4n) is 7.76. The molecule has 0 spiro atoms. The Hall–Kier alpha value is -5.72. The lowest BCUT2D eigenvalue weighted by Crippen LogP contribution is -1.92. The molecule has 10 aromatic carbocycles. The van der Waals surface area contributed by atoms with Crippen molar-refractivity contribution in [1.82, 2.24) is 0 Å². The van der Waals surface area contributed by atoms with Crippen molar-refractivity contribution in [2.75, 3.05) is 0 Å². The molecule has 44 heavy (non-hydrogen) atoms. The summed E-state index contributed by atoms with van der Waals surface area (Å²) in [4.78, 5) is 0. The molecule has 0 amide bonds. The van der Waals surface area contributed by atoms with Gasteiger partial charge in [-0.1, -0.05) is 152 Å². The maximum atomic E-state index is 2.43. The van der Waals surface area contributed by atoms with E-state index in [-0.39, 0.29) is 0 Å². The van der Waals surface area contributed by atoms with Crippen LogP contribution in [0.1, 0.15) is 0 Å². The van der Waals surface area contributed by atoms with Gasteiger partial charge in [0.25, 0.3) is 0 Å². The predicted molar refractivity (Wildman–Crippen MR) is 190 cm³/mol. The van der Waals surface area contributed by atoms with Crippen molar-refractivity contribution < 1.29 is 0 Å². The summed E-state index contributed by atoms with van der Waals surface area (Å²) in [5, 5.41) is 15.8. The number of rotatable bonds is 3. The summed E-state index contributed by atoms with van der Waals surface area (Å²) in [6, 6.07) is 58.7. The average Bonchev–Trinajstić information content (AvgIpc) is 3.09. The van der Waals surface area contributed by atoms with E-state index in [1.807, 2.05) is 0 Å². The Morgan fingerprint density at radius 2 is 0.682 bits per heavy atom. The van der Waals surface area contributed by atoms with E-state index in [0.717, 1.165) is 0 Å². The largest absolute Gasteiger partial charge is 0.0622 e. The molecule has 0 bridgehead atoms. The van der Waals surface area contributed by atoms with Gasteiger partial charge < -0.3 is 0 Å². The fraction of sp³-hybridized carbons (Fsp3) is 0. The summed E-state index contributed by atoms with van der Waals surface area (Å²) in [6.07, 6.45) is 0. The van der Waals surface area contributed by atoms with Crippen molar-refractivity contribution in [3.8, 4) is 33.4 Å². The Labute approximate surface area is 255 Å². The van der Waals surface area contributed by atoms with Gasteiger partial charge in [-0.3, -0.25) is 0 Å². The first-order chi connectivity index (χ1) is 21.8. The molecule has 0 heteroatoms. The van der Waals surface area contributed by atoms with Crippen LogP contribution < -0.4 is 0 Å². The average molecular weight is 555 g/mol. The molecule has 202 valence electrons. The van der Waals surface area contributed by atoms with Gasteiger partial charge in [-0.25, -0.2) is 0 Å². The fourth-order valence-corrected chi connectivity index (χ4v) is 7.76. The summed E-state index contributed by atoms with van der Waals surface area (Å²) in [7, 11) is 0. The second kappa shape index (κ2) is 8.89. The molecule has 0 aliphatic rings. The minimum absolute atomic E-state index is 1.23.